The Morgan fingerprint density at radius 3 is 2.55 bits per heavy atom. The van der Waals surface area contributed by atoms with E-state index in [0.29, 0.717) is 6.61 Å². The summed E-state index contributed by atoms with van der Waals surface area (Å²) >= 11 is 0. The van der Waals surface area contributed by atoms with Crippen molar-refractivity contribution in [1.82, 2.24) is 4.57 Å². The lowest BCUT2D eigenvalue weighted by molar-refractivity contribution is 0.340. The second-order valence-electron chi connectivity index (χ2n) is 5.46. The van der Waals surface area contributed by atoms with Crippen LogP contribution >= 0.6 is 0 Å². The van der Waals surface area contributed by atoms with Gasteiger partial charge in [0, 0.05) is 17.3 Å². The Labute approximate surface area is 130 Å². The Balaban J connectivity index is 2.35. The molecule has 0 spiro atoms. The third-order valence-corrected chi connectivity index (χ3v) is 3.99. The number of nitrogens with zero attached hydrogens (tertiary/aromatic N) is 1. The molecule has 0 bridgehead atoms. The van der Waals surface area contributed by atoms with E-state index in [0.717, 1.165) is 46.9 Å². The van der Waals surface area contributed by atoms with Gasteiger partial charge in [0.1, 0.15) is 5.75 Å². The molecule has 3 heteroatoms. The monoisotopic (exact) mass is 295 g/mol. The summed E-state index contributed by atoms with van der Waals surface area (Å²) in [6, 6.07) is 13.7. The largest absolute Gasteiger partial charge is 0.494 e. The maximum Gasteiger partial charge on any atom is 0.197 e. The van der Waals surface area contributed by atoms with Gasteiger partial charge in [0.15, 0.2) is 5.43 Å². The quantitative estimate of drug-likeness (QED) is 0.655. The molecule has 3 aromatic rings. The van der Waals surface area contributed by atoms with Crippen molar-refractivity contribution in [2.45, 2.75) is 33.2 Å². The van der Waals surface area contributed by atoms with Crippen LogP contribution in [-0.4, -0.2) is 11.2 Å². The van der Waals surface area contributed by atoms with Crippen molar-refractivity contribution < 1.29 is 4.74 Å². The minimum Gasteiger partial charge on any atom is -0.494 e. The topological polar surface area (TPSA) is 31.2 Å². The van der Waals surface area contributed by atoms with Gasteiger partial charge in [-0.25, -0.2) is 0 Å². The first-order valence-corrected chi connectivity index (χ1v) is 7.94. The van der Waals surface area contributed by atoms with E-state index in [-0.39, 0.29) is 5.43 Å². The van der Waals surface area contributed by atoms with Gasteiger partial charge in [0.05, 0.1) is 17.6 Å². The van der Waals surface area contributed by atoms with E-state index in [4.69, 9.17) is 4.74 Å². The van der Waals surface area contributed by atoms with Gasteiger partial charge in [-0.1, -0.05) is 25.5 Å². The molecule has 0 aliphatic carbocycles. The fourth-order valence-corrected chi connectivity index (χ4v) is 2.92. The first-order chi connectivity index (χ1) is 10.8. The van der Waals surface area contributed by atoms with Crippen molar-refractivity contribution in [3.8, 4) is 5.75 Å². The molecule has 0 fully saturated rings. The highest BCUT2D eigenvalue weighted by Gasteiger charge is 2.11. The number of benzene rings is 2. The lowest BCUT2D eigenvalue weighted by atomic mass is 10.1. The Morgan fingerprint density at radius 2 is 1.77 bits per heavy atom. The highest BCUT2D eigenvalue weighted by molar-refractivity contribution is 5.94. The van der Waals surface area contributed by atoms with E-state index >= 15 is 0 Å². The van der Waals surface area contributed by atoms with Crippen LogP contribution in [0.25, 0.3) is 21.8 Å². The zero-order valence-electron chi connectivity index (χ0n) is 13.1. The smallest absolute Gasteiger partial charge is 0.197 e. The molecule has 0 N–H and O–H groups in total. The molecular weight excluding hydrogens is 274 g/mol. The van der Waals surface area contributed by atoms with Gasteiger partial charge in [-0.05, 0) is 43.7 Å². The van der Waals surface area contributed by atoms with Gasteiger partial charge >= 0.3 is 0 Å². The molecule has 0 saturated heterocycles. The highest BCUT2D eigenvalue weighted by Crippen LogP contribution is 2.23. The SMILES string of the molecule is CCCCn1c2ccccc2c(=O)c2cc(OCC)ccc21. The van der Waals surface area contributed by atoms with Gasteiger partial charge in [-0.3, -0.25) is 4.79 Å². The minimum atomic E-state index is 0.0832. The number of fused-ring (bicyclic) bond motifs is 2. The van der Waals surface area contributed by atoms with Crippen LogP contribution in [0.5, 0.6) is 5.75 Å². The van der Waals surface area contributed by atoms with Crippen LogP contribution in [0.1, 0.15) is 26.7 Å². The van der Waals surface area contributed by atoms with Crippen molar-refractivity contribution in [2.75, 3.05) is 6.61 Å². The number of aromatic nitrogens is 1. The summed E-state index contributed by atoms with van der Waals surface area (Å²) < 4.78 is 7.81. The van der Waals surface area contributed by atoms with E-state index in [1.807, 2.05) is 49.4 Å². The van der Waals surface area contributed by atoms with Crippen molar-refractivity contribution in [3.63, 3.8) is 0 Å². The Bertz CT molecular complexity index is 864. The molecule has 0 radical (unpaired) electrons. The zero-order chi connectivity index (χ0) is 15.5. The number of ether oxygens (including phenoxy) is 1. The third kappa shape index (κ3) is 2.47. The number of unbranched alkanes of at least 4 members (excludes halogenated alkanes) is 1. The summed E-state index contributed by atoms with van der Waals surface area (Å²) in [7, 11) is 0. The maximum absolute atomic E-state index is 12.8. The normalized spacial score (nSPS) is 11.2. The molecular formula is C19H21NO2. The number of pyridine rings is 1. The fourth-order valence-electron chi connectivity index (χ4n) is 2.92. The molecule has 3 nitrogen and oxygen atoms in total. The summed E-state index contributed by atoms with van der Waals surface area (Å²) in [4.78, 5) is 12.8. The molecule has 2 aromatic carbocycles. The van der Waals surface area contributed by atoms with E-state index in [2.05, 4.69) is 11.5 Å². The number of para-hydroxylation sites is 1. The third-order valence-electron chi connectivity index (χ3n) is 3.99. The molecule has 0 saturated carbocycles. The molecule has 0 aliphatic heterocycles. The van der Waals surface area contributed by atoms with Gasteiger partial charge in [0.25, 0.3) is 0 Å². The van der Waals surface area contributed by atoms with Gasteiger partial charge in [0.2, 0.25) is 0 Å². The molecule has 0 unspecified atom stereocenters. The van der Waals surface area contributed by atoms with Crippen molar-refractivity contribution in [1.29, 1.82) is 0 Å². The van der Waals surface area contributed by atoms with Crippen LogP contribution in [0.2, 0.25) is 0 Å². The molecule has 0 atom stereocenters. The second-order valence-corrected chi connectivity index (χ2v) is 5.46. The van der Waals surface area contributed by atoms with Gasteiger partial charge < -0.3 is 9.30 Å². The van der Waals surface area contributed by atoms with E-state index < -0.39 is 0 Å². The summed E-state index contributed by atoms with van der Waals surface area (Å²) in [6.07, 6.45) is 2.22. The van der Waals surface area contributed by atoms with Crippen molar-refractivity contribution >= 4 is 21.8 Å². The average molecular weight is 295 g/mol. The molecule has 1 heterocycles. The summed E-state index contributed by atoms with van der Waals surface area (Å²) in [5.74, 6) is 0.754. The number of rotatable bonds is 5. The van der Waals surface area contributed by atoms with Crippen LogP contribution in [0.4, 0.5) is 0 Å². The van der Waals surface area contributed by atoms with Crippen LogP contribution in [0, 0.1) is 0 Å². The first-order valence-electron chi connectivity index (χ1n) is 7.94. The van der Waals surface area contributed by atoms with E-state index in [1.165, 1.54) is 0 Å². The van der Waals surface area contributed by atoms with Crippen LogP contribution < -0.4 is 10.2 Å². The standard InChI is InChI=1S/C19H21NO2/c1-3-5-12-20-17-9-7-6-8-15(17)19(21)16-13-14(22-4-2)10-11-18(16)20/h6-11,13H,3-5,12H2,1-2H3. The molecule has 0 amide bonds. The molecule has 22 heavy (non-hydrogen) atoms. The van der Waals surface area contributed by atoms with Gasteiger partial charge in [-0.2, -0.15) is 0 Å². The van der Waals surface area contributed by atoms with Crippen molar-refractivity contribution in [2.24, 2.45) is 0 Å². The molecule has 0 aliphatic rings. The molecule has 3 rings (SSSR count). The number of hydrogen-bond acceptors (Lipinski definition) is 2. The second kappa shape index (κ2) is 6.22. The van der Waals surface area contributed by atoms with Gasteiger partial charge in [-0.15, -0.1) is 0 Å². The minimum absolute atomic E-state index is 0.0832. The average Bonchev–Trinajstić information content (AvgIpc) is 2.55. The Kier molecular flexibility index (Phi) is 4.14. The highest BCUT2D eigenvalue weighted by atomic mass is 16.5. The molecule has 114 valence electrons. The predicted octanol–water partition coefficient (Wildman–Crippen LogP) is 4.35. The Hall–Kier alpha value is -2.29. The zero-order valence-corrected chi connectivity index (χ0v) is 13.1. The summed E-state index contributed by atoms with van der Waals surface area (Å²) in [5.41, 5.74) is 2.08. The first kappa shape index (κ1) is 14.6. The number of hydrogen-bond donors (Lipinski definition) is 0. The molecule has 1 aromatic heterocycles. The van der Waals surface area contributed by atoms with Crippen LogP contribution in [0.3, 0.4) is 0 Å². The summed E-state index contributed by atoms with van der Waals surface area (Å²) in [6.45, 7) is 5.65. The fraction of sp³-hybridized carbons (Fsp3) is 0.316. The van der Waals surface area contributed by atoms with Crippen molar-refractivity contribution in [3.05, 3.63) is 52.7 Å². The summed E-state index contributed by atoms with van der Waals surface area (Å²) in [5, 5.41) is 1.51. The van der Waals surface area contributed by atoms with E-state index in [1.54, 1.807) is 0 Å². The van der Waals surface area contributed by atoms with Crippen LogP contribution in [-0.2, 0) is 6.54 Å². The lowest BCUT2D eigenvalue weighted by Crippen LogP contribution is -2.12. The van der Waals surface area contributed by atoms with E-state index in [9.17, 15) is 4.79 Å². The lowest BCUT2D eigenvalue weighted by Gasteiger charge is -2.15. The Morgan fingerprint density at radius 1 is 1.00 bits per heavy atom. The maximum atomic E-state index is 12.8. The predicted molar refractivity (Wildman–Crippen MR) is 91.8 cm³/mol. The number of aryl methyl sites for hydroxylation is 1. The van der Waals surface area contributed by atoms with Crippen LogP contribution in [0.15, 0.2) is 47.3 Å².